The summed E-state index contributed by atoms with van der Waals surface area (Å²) in [5.41, 5.74) is 6.60. The molecule has 43 heavy (non-hydrogen) atoms. The minimum absolute atomic E-state index is 0.0875. The molecule has 1 aliphatic rings. The van der Waals surface area contributed by atoms with Crippen LogP contribution in [-0.4, -0.2) is 45.5 Å². The molecule has 0 bridgehead atoms. The first-order valence-corrected chi connectivity index (χ1v) is 16.1. The second-order valence-electron chi connectivity index (χ2n) is 11.8. The average molecular weight is 615 g/mol. The molecule has 3 heterocycles. The van der Waals surface area contributed by atoms with Crippen LogP contribution >= 0.6 is 22.9 Å². The zero-order chi connectivity index (χ0) is 30.9. The van der Waals surface area contributed by atoms with E-state index in [0.717, 1.165) is 53.0 Å². The molecule has 1 amide bonds. The predicted molar refractivity (Wildman–Crippen MR) is 180 cm³/mol. The number of carbonyl (C=O) groups is 1. The maximum Gasteiger partial charge on any atom is 0.265 e. The largest absolute Gasteiger partial charge is 0.331 e. The number of benzene rings is 2. The number of aromatic nitrogens is 2. The maximum atomic E-state index is 14.7. The van der Waals surface area contributed by atoms with Crippen LogP contribution in [0.3, 0.4) is 0 Å². The van der Waals surface area contributed by atoms with Gasteiger partial charge in [-0.05, 0) is 75.9 Å². The second kappa shape index (κ2) is 12.6. The number of nitrogens with one attached hydrogen (secondary N) is 1. The molecule has 224 valence electrons. The number of allylic oxidation sites excluding steroid dienone is 1. The van der Waals surface area contributed by atoms with E-state index in [1.54, 1.807) is 10.6 Å². The van der Waals surface area contributed by atoms with Gasteiger partial charge in [-0.2, -0.15) is 0 Å². The lowest BCUT2D eigenvalue weighted by molar-refractivity contribution is 0.0476. The Morgan fingerprint density at radius 3 is 2.37 bits per heavy atom. The van der Waals surface area contributed by atoms with Crippen molar-refractivity contribution in [3.63, 3.8) is 0 Å². The Labute approximate surface area is 263 Å². The van der Waals surface area contributed by atoms with Crippen LogP contribution in [0.1, 0.15) is 68.7 Å². The van der Waals surface area contributed by atoms with Crippen molar-refractivity contribution in [2.24, 2.45) is 0 Å². The molecule has 8 heteroatoms. The molecule has 2 aromatic heterocycles. The van der Waals surface area contributed by atoms with Gasteiger partial charge in [0.25, 0.3) is 11.5 Å². The van der Waals surface area contributed by atoms with Crippen LogP contribution in [0.25, 0.3) is 33.6 Å². The first-order valence-electron chi connectivity index (χ1n) is 14.9. The van der Waals surface area contributed by atoms with Gasteiger partial charge in [0.05, 0.1) is 33.7 Å². The Morgan fingerprint density at radius 2 is 1.77 bits per heavy atom. The fourth-order valence-electron chi connectivity index (χ4n) is 5.75. The van der Waals surface area contributed by atoms with Gasteiger partial charge in [0.1, 0.15) is 5.01 Å². The number of piperazine rings is 1. The highest BCUT2D eigenvalue weighted by Crippen LogP contribution is 2.33. The zero-order valence-corrected chi connectivity index (χ0v) is 27.3. The lowest BCUT2D eigenvalue weighted by atomic mass is 9.96. The Hall–Kier alpha value is -3.52. The predicted octanol–water partition coefficient (Wildman–Crippen LogP) is 7.65. The highest BCUT2D eigenvalue weighted by atomic mass is 35.5. The van der Waals surface area contributed by atoms with Gasteiger partial charge in [0.2, 0.25) is 0 Å². The van der Waals surface area contributed by atoms with Crippen molar-refractivity contribution in [2.75, 3.05) is 19.6 Å². The molecule has 1 fully saturated rings. The maximum absolute atomic E-state index is 14.7. The van der Waals surface area contributed by atoms with Crippen molar-refractivity contribution in [3.05, 3.63) is 97.2 Å². The van der Waals surface area contributed by atoms with Crippen molar-refractivity contribution in [3.8, 4) is 27.5 Å². The van der Waals surface area contributed by atoms with E-state index in [9.17, 15) is 9.59 Å². The van der Waals surface area contributed by atoms with E-state index in [1.807, 2.05) is 60.5 Å². The smallest absolute Gasteiger partial charge is 0.265 e. The number of aryl methyl sites for hydroxylation is 2. The number of hydrogen-bond donors (Lipinski definition) is 1. The lowest BCUT2D eigenvalue weighted by Gasteiger charge is -2.43. The van der Waals surface area contributed by atoms with Gasteiger partial charge in [0, 0.05) is 35.6 Å². The Kier molecular flexibility index (Phi) is 9.07. The second-order valence-corrected chi connectivity index (χ2v) is 13.1. The van der Waals surface area contributed by atoms with E-state index in [4.69, 9.17) is 16.6 Å². The molecule has 6 nitrogen and oxygen atoms in total. The summed E-state index contributed by atoms with van der Waals surface area (Å²) < 4.78 is 1.78. The van der Waals surface area contributed by atoms with Crippen molar-refractivity contribution in [1.29, 1.82) is 0 Å². The van der Waals surface area contributed by atoms with Crippen LogP contribution in [0.4, 0.5) is 0 Å². The standard InChI is InChI=1S/C35H39ClN4O2S/c1-7-23-10-9-11-24(8-2)31(23)40-30(18-22(3)4)27(33(41)39-17-16-37-21-35(39,5)6)19-28(34(40)42)32-38-29(20-43-32)25-12-14-26(36)15-13-25/h9-15,18-20,37H,7-8,16-17,21H2,1-6H3. The molecule has 0 radical (unpaired) electrons. The fraction of sp³-hybridized carbons (Fsp3) is 0.343. The fourth-order valence-corrected chi connectivity index (χ4v) is 6.71. The van der Waals surface area contributed by atoms with Crippen LogP contribution in [-0.2, 0) is 12.8 Å². The van der Waals surface area contributed by atoms with Crippen LogP contribution in [0.15, 0.2) is 64.3 Å². The third-order valence-corrected chi connectivity index (χ3v) is 9.13. The van der Waals surface area contributed by atoms with E-state index in [0.29, 0.717) is 39.9 Å². The van der Waals surface area contributed by atoms with Gasteiger partial charge in [-0.25, -0.2) is 4.98 Å². The monoisotopic (exact) mass is 614 g/mol. The molecule has 1 N–H and O–H groups in total. The number of amides is 1. The van der Waals surface area contributed by atoms with Gasteiger partial charge >= 0.3 is 0 Å². The summed E-state index contributed by atoms with van der Waals surface area (Å²) in [6.45, 7) is 14.3. The van der Waals surface area contributed by atoms with Crippen LogP contribution in [0.5, 0.6) is 0 Å². The Balaban J connectivity index is 1.84. The summed E-state index contributed by atoms with van der Waals surface area (Å²) in [4.78, 5) is 36.2. The molecule has 1 aliphatic heterocycles. The van der Waals surface area contributed by atoms with Crippen molar-refractivity contribution < 1.29 is 4.79 Å². The zero-order valence-electron chi connectivity index (χ0n) is 25.8. The molecule has 0 aliphatic carbocycles. The van der Waals surface area contributed by atoms with Crippen molar-refractivity contribution in [1.82, 2.24) is 19.8 Å². The summed E-state index contributed by atoms with van der Waals surface area (Å²) in [6, 6.07) is 15.5. The Morgan fingerprint density at radius 1 is 1.09 bits per heavy atom. The molecule has 5 rings (SSSR count). The van der Waals surface area contributed by atoms with E-state index in [-0.39, 0.29) is 11.5 Å². The summed E-state index contributed by atoms with van der Waals surface area (Å²) in [7, 11) is 0. The van der Waals surface area contributed by atoms with Gasteiger partial charge < -0.3 is 10.2 Å². The number of carbonyl (C=O) groups excluding carboxylic acids is 1. The van der Waals surface area contributed by atoms with Gasteiger partial charge in [-0.15, -0.1) is 11.3 Å². The van der Waals surface area contributed by atoms with Crippen molar-refractivity contribution >= 4 is 34.9 Å². The van der Waals surface area contributed by atoms with E-state index in [2.05, 4.69) is 45.1 Å². The minimum atomic E-state index is -0.391. The summed E-state index contributed by atoms with van der Waals surface area (Å²) >= 11 is 7.53. The van der Waals surface area contributed by atoms with E-state index in [1.165, 1.54) is 11.3 Å². The lowest BCUT2D eigenvalue weighted by Crippen LogP contribution is -2.60. The molecule has 1 saturated heterocycles. The summed E-state index contributed by atoms with van der Waals surface area (Å²) in [5.74, 6) is -0.0875. The highest BCUT2D eigenvalue weighted by Gasteiger charge is 2.36. The Bertz CT molecular complexity index is 1720. The van der Waals surface area contributed by atoms with Crippen LogP contribution in [0, 0.1) is 0 Å². The van der Waals surface area contributed by atoms with Crippen LogP contribution in [0.2, 0.25) is 5.02 Å². The molecule has 0 atom stereocenters. The van der Waals surface area contributed by atoms with Crippen molar-refractivity contribution in [2.45, 2.75) is 59.9 Å². The number of para-hydroxylation sites is 1. The van der Waals surface area contributed by atoms with Crippen LogP contribution < -0.4 is 10.9 Å². The third kappa shape index (κ3) is 6.12. The number of hydrogen-bond acceptors (Lipinski definition) is 5. The highest BCUT2D eigenvalue weighted by molar-refractivity contribution is 7.13. The molecule has 2 aromatic carbocycles. The number of rotatable bonds is 7. The van der Waals surface area contributed by atoms with Gasteiger partial charge in [0.15, 0.2) is 0 Å². The quantitative estimate of drug-likeness (QED) is 0.232. The third-order valence-electron chi connectivity index (χ3n) is 8.00. The first kappa shape index (κ1) is 30.9. The molecule has 4 aromatic rings. The molecular weight excluding hydrogens is 576 g/mol. The van der Waals surface area contributed by atoms with Gasteiger partial charge in [-0.3, -0.25) is 14.2 Å². The first-order chi connectivity index (χ1) is 20.6. The average Bonchev–Trinajstić information content (AvgIpc) is 3.47. The molecule has 0 saturated carbocycles. The number of pyridine rings is 1. The SMILES string of the molecule is CCc1cccc(CC)c1-n1c(C=C(C)C)c(C(=O)N2CCNCC2(C)C)cc(-c2nc(-c3ccc(Cl)cc3)cs2)c1=O. The number of nitrogens with zero attached hydrogens (tertiary/aromatic N) is 3. The van der Waals surface area contributed by atoms with E-state index < -0.39 is 5.54 Å². The molecule has 0 unspecified atom stereocenters. The van der Waals surface area contributed by atoms with Gasteiger partial charge in [-0.1, -0.05) is 61.4 Å². The number of halogens is 1. The van der Waals surface area contributed by atoms with E-state index >= 15 is 0 Å². The normalized spacial score (nSPS) is 14.5. The topological polar surface area (TPSA) is 67.2 Å². The summed E-state index contributed by atoms with van der Waals surface area (Å²) in [6.07, 6.45) is 3.47. The summed E-state index contributed by atoms with van der Waals surface area (Å²) in [5, 5.41) is 6.59. The molecule has 0 spiro atoms. The number of thiazole rings is 1. The minimum Gasteiger partial charge on any atom is -0.331 e. The molecular formula is C35H39ClN4O2S.